The SMILES string of the molecule is NC[C@@H]1CCCN(c2c(NC(=O)c3csc(-c4ccnnc4)n3)ccc(Oc3ccccc3)c2C2CC2)C1. The third-order valence-electron chi connectivity index (χ3n) is 7.12. The molecule has 6 rings (SSSR count). The number of nitrogens with zero attached hydrogens (tertiary/aromatic N) is 4. The first-order valence-electron chi connectivity index (χ1n) is 13.1. The van der Waals surface area contributed by atoms with E-state index in [9.17, 15) is 4.79 Å². The van der Waals surface area contributed by atoms with Gasteiger partial charge < -0.3 is 20.7 Å². The number of carbonyl (C=O) groups excluding carboxylic acids is 1. The minimum Gasteiger partial charge on any atom is -0.457 e. The Hall–Kier alpha value is -3.82. The normalized spacial score (nSPS) is 17.3. The monoisotopic (exact) mass is 526 g/mol. The molecule has 0 bridgehead atoms. The number of nitrogens with one attached hydrogen (secondary N) is 1. The number of carbonyl (C=O) groups is 1. The van der Waals surface area contributed by atoms with E-state index in [2.05, 4.69) is 25.4 Å². The molecule has 1 aliphatic heterocycles. The lowest BCUT2D eigenvalue weighted by atomic mass is 9.95. The highest BCUT2D eigenvalue weighted by molar-refractivity contribution is 7.13. The third-order valence-corrected chi connectivity index (χ3v) is 8.01. The van der Waals surface area contributed by atoms with Gasteiger partial charge in [-0.15, -0.1) is 11.3 Å². The number of hydrogen-bond acceptors (Lipinski definition) is 8. The van der Waals surface area contributed by atoms with Crippen LogP contribution in [-0.4, -0.2) is 40.7 Å². The van der Waals surface area contributed by atoms with E-state index >= 15 is 0 Å². The first kappa shape index (κ1) is 24.5. The summed E-state index contributed by atoms with van der Waals surface area (Å²) in [6.45, 7) is 2.44. The first-order valence-corrected chi connectivity index (χ1v) is 14.0. The second-order valence-corrected chi connectivity index (χ2v) is 10.7. The predicted molar refractivity (Wildman–Crippen MR) is 150 cm³/mol. The lowest BCUT2D eigenvalue weighted by Gasteiger charge is -2.37. The Bertz CT molecular complexity index is 1410. The van der Waals surface area contributed by atoms with E-state index in [0.717, 1.165) is 72.2 Å². The van der Waals surface area contributed by atoms with Gasteiger partial charge in [0.15, 0.2) is 0 Å². The molecular formula is C29H30N6O2S. The van der Waals surface area contributed by atoms with E-state index in [0.29, 0.717) is 24.1 Å². The van der Waals surface area contributed by atoms with Crippen molar-refractivity contribution < 1.29 is 9.53 Å². The van der Waals surface area contributed by atoms with Crippen molar-refractivity contribution in [3.63, 3.8) is 0 Å². The van der Waals surface area contributed by atoms with Gasteiger partial charge >= 0.3 is 0 Å². The van der Waals surface area contributed by atoms with Gasteiger partial charge in [-0.05, 0) is 74.4 Å². The molecule has 9 heteroatoms. The first-order chi connectivity index (χ1) is 18.7. The van der Waals surface area contributed by atoms with Crippen LogP contribution in [0, 0.1) is 5.92 Å². The van der Waals surface area contributed by atoms with Crippen molar-refractivity contribution in [2.24, 2.45) is 11.7 Å². The molecular weight excluding hydrogens is 496 g/mol. The summed E-state index contributed by atoms with van der Waals surface area (Å²) in [5, 5.41) is 13.4. The van der Waals surface area contributed by atoms with E-state index in [1.165, 1.54) is 16.9 Å². The van der Waals surface area contributed by atoms with Gasteiger partial charge in [0.25, 0.3) is 5.91 Å². The Morgan fingerprint density at radius 1 is 1.11 bits per heavy atom. The third kappa shape index (κ3) is 5.25. The molecule has 1 amide bonds. The molecule has 3 heterocycles. The highest BCUT2D eigenvalue weighted by Crippen LogP contribution is 2.52. The largest absolute Gasteiger partial charge is 0.457 e. The van der Waals surface area contributed by atoms with Crippen molar-refractivity contribution in [1.82, 2.24) is 15.2 Å². The van der Waals surface area contributed by atoms with Crippen LogP contribution >= 0.6 is 11.3 Å². The van der Waals surface area contributed by atoms with Crippen LogP contribution in [0.4, 0.5) is 11.4 Å². The maximum Gasteiger partial charge on any atom is 0.275 e. The molecule has 38 heavy (non-hydrogen) atoms. The van der Waals surface area contributed by atoms with Crippen molar-refractivity contribution in [3.8, 4) is 22.1 Å². The molecule has 4 aromatic rings. The molecule has 0 unspecified atom stereocenters. The van der Waals surface area contributed by atoms with Gasteiger partial charge in [-0.2, -0.15) is 10.2 Å². The van der Waals surface area contributed by atoms with Crippen molar-refractivity contribution in [3.05, 3.63) is 77.6 Å². The number of hydrogen-bond donors (Lipinski definition) is 2. The minimum atomic E-state index is -0.235. The van der Waals surface area contributed by atoms with E-state index in [-0.39, 0.29) is 5.91 Å². The van der Waals surface area contributed by atoms with Crippen molar-refractivity contribution >= 4 is 28.6 Å². The number of aromatic nitrogens is 3. The summed E-state index contributed by atoms with van der Waals surface area (Å²) >= 11 is 1.41. The molecule has 2 aromatic carbocycles. The fourth-order valence-electron chi connectivity index (χ4n) is 5.08. The molecule has 1 saturated heterocycles. The summed E-state index contributed by atoms with van der Waals surface area (Å²) in [5.41, 5.74) is 10.3. The van der Waals surface area contributed by atoms with Gasteiger partial charge in [0, 0.05) is 29.6 Å². The Balaban J connectivity index is 1.36. The number of ether oxygens (including phenoxy) is 1. The topological polar surface area (TPSA) is 106 Å². The fraction of sp³-hybridized carbons (Fsp3) is 0.310. The van der Waals surface area contributed by atoms with Gasteiger partial charge in [0.2, 0.25) is 0 Å². The maximum absolute atomic E-state index is 13.4. The summed E-state index contributed by atoms with van der Waals surface area (Å²) < 4.78 is 6.41. The number of para-hydroxylation sites is 1. The highest BCUT2D eigenvalue weighted by atomic mass is 32.1. The van der Waals surface area contributed by atoms with Crippen molar-refractivity contribution in [2.45, 2.75) is 31.6 Å². The van der Waals surface area contributed by atoms with Crippen LogP contribution in [0.1, 0.15) is 47.7 Å². The maximum atomic E-state index is 13.4. The van der Waals surface area contributed by atoms with Crippen LogP contribution in [0.15, 0.2) is 66.3 Å². The second kappa shape index (κ2) is 10.9. The fourth-order valence-corrected chi connectivity index (χ4v) is 5.87. The number of nitrogens with two attached hydrogens (primary N) is 1. The quantitative estimate of drug-likeness (QED) is 0.303. The van der Waals surface area contributed by atoms with Crippen LogP contribution in [-0.2, 0) is 0 Å². The van der Waals surface area contributed by atoms with E-state index in [4.69, 9.17) is 10.5 Å². The lowest BCUT2D eigenvalue weighted by molar-refractivity contribution is 0.102. The Morgan fingerprint density at radius 2 is 1.97 bits per heavy atom. The molecule has 3 N–H and O–H groups in total. The predicted octanol–water partition coefficient (Wildman–Crippen LogP) is 5.70. The number of anilines is 2. The van der Waals surface area contributed by atoms with Crippen LogP contribution in [0.5, 0.6) is 11.5 Å². The number of thiazole rings is 1. The Morgan fingerprint density at radius 3 is 2.74 bits per heavy atom. The average Bonchev–Trinajstić information content (AvgIpc) is 3.69. The number of benzene rings is 2. The molecule has 1 atom stereocenters. The van der Waals surface area contributed by atoms with Gasteiger partial charge in [0.1, 0.15) is 22.2 Å². The smallest absolute Gasteiger partial charge is 0.275 e. The zero-order valence-corrected chi connectivity index (χ0v) is 21.9. The molecule has 2 aromatic heterocycles. The molecule has 194 valence electrons. The van der Waals surface area contributed by atoms with Gasteiger partial charge in [0.05, 0.1) is 23.8 Å². The summed E-state index contributed by atoms with van der Waals surface area (Å²) in [5.74, 6) is 2.25. The average molecular weight is 527 g/mol. The molecule has 0 radical (unpaired) electrons. The zero-order chi connectivity index (χ0) is 25.9. The zero-order valence-electron chi connectivity index (χ0n) is 21.0. The molecule has 2 fully saturated rings. The van der Waals surface area contributed by atoms with Gasteiger partial charge in [-0.1, -0.05) is 18.2 Å². The molecule has 8 nitrogen and oxygen atoms in total. The molecule has 0 spiro atoms. The number of amides is 1. The van der Waals surface area contributed by atoms with Crippen molar-refractivity contribution in [1.29, 1.82) is 0 Å². The van der Waals surface area contributed by atoms with Crippen LogP contribution in [0.2, 0.25) is 0 Å². The van der Waals surface area contributed by atoms with Crippen LogP contribution in [0.25, 0.3) is 10.6 Å². The van der Waals surface area contributed by atoms with Crippen molar-refractivity contribution in [2.75, 3.05) is 29.9 Å². The summed E-state index contributed by atoms with van der Waals surface area (Å²) in [7, 11) is 0. The van der Waals surface area contributed by atoms with E-state index in [1.54, 1.807) is 17.8 Å². The van der Waals surface area contributed by atoms with Crippen LogP contribution < -0.4 is 20.7 Å². The molecule has 2 aliphatic rings. The van der Waals surface area contributed by atoms with E-state index < -0.39 is 0 Å². The molecule has 1 aliphatic carbocycles. The van der Waals surface area contributed by atoms with E-state index in [1.807, 2.05) is 48.5 Å². The Kier molecular flexibility index (Phi) is 7.02. The second-order valence-electron chi connectivity index (χ2n) is 9.88. The summed E-state index contributed by atoms with van der Waals surface area (Å²) in [4.78, 5) is 20.4. The summed E-state index contributed by atoms with van der Waals surface area (Å²) in [6.07, 6.45) is 7.68. The van der Waals surface area contributed by atoms with Gasteiger partial charge in [-0.3, -0.25) is 4.79 Å². The Labute approximate surface area is 225 Å². The van der Waals surface area contributed by atoms with Gasteiger partial charge in [-0.25, -0.2) is 4.98 Å². The standard InChI is InChI=1S/C29H30N6O2S/c30-15-19-5-4-14-35(17-19)27-23(33-28(36)24-18-38-29(34-24)21-12-13-31-32-16-21)10-11-25(26(27)20-8-9-20)37-22-6-2-1-3-7-22/h1-3,6-7,10-13,16,18-20H,4-5,8-9,14-15,17,30H2,(H,33,36)/t19-/m0/s1. The lowest BCUT2D eigenvalue weighted by Crippen LogP contribution is -2.39. The summed E-state index contributed by atoms with van der Waals surface area (Å²) in [6, 6.07) is 15.6. The van der Waals surface area contributed by atoms with Crippen LogP contribution in [0.3, 0.4) is 0 Å². The number of rotatable bonds is 8. The minimum absolute atomic E-state index is 0.235. The molecule has 1 saturated carbocycles. The highest BCUT2D eigenvalue weighted by Gasteiger charge is 2.35. The number of piperidine rings is 1.